The summed E-state index contributed by atoms with van der Waals surface area (Å²) in [5.41, 5.74) is 3.35. The zero-order valence-corrected chi connectivity index (χ0v) is 24.9. The van der Waals surface area contributed by atoms with E-state index in [2.05, 4.69) is 91.2 Å². The molecule has 1 amide bonds. The van der Waals surface area contributed by atoms with Crippen LogP contribution in [-0.4, -0.2) is 36.8 Å². The minimum absolute atomic E-state index is 0.150. The van der Waals surface area contributed by atoms with E-state index in [0.717, 1.165) is 31.6 Å². The maximum atomic E-state index is 12.1. The average Bonchev–Trinajstić information content (AvgIpc) is 3.42. The summed E-state index contributed by atoms with van der Waals surface area (Å²) >= 11 is 1.75. The first-order chi connectivity index (χ1) is 18.2. The van der Waals surface area contributed by atoms with Crippen LogP contribution in [0.15, 0.2) is 72.7 Å². The number of benzene rings is 1. The lowest BCUT2D eigenvalue weighted by Crippen LogP contribution is -2.38. The fourth-order valence-electron chi connectivity index (χ4n) is 4.48. The van der Waals surface area contributed by atoms with Gasteiger partial charge in [-0.15, -0.1) is 24.5 Å². The van der Waals surface area contributed by atoms with Crippen LogP contribution in [-0.2, 0) is 17.7 Å². The zero-order valence-electron chi connectivity index (χ0n) is 24.1. The summed E-state index contributed by atoms with van der Waals surface area (Å²) in [6.45, 7) is 18.2. The highest BCUT2D eigenvalue weighted by Gasteiger charge is 2.21. The molecule has 1 N–H and O–H groups in total. The third kappa shape index (κ3) is 10.1. The molecule has 1 aromatic carbocycles. The second-order valence-electron chi connectivity index (χ2n) is 10.5. The number of nitrogens with one attached hydrogen (secondary N) is 1. The Morgan fingerprint density at radius 1 is 1.18 bits per heavy atom. The Hall–Kier alpha value is -2.83. The number of hydrogen-bond donors (Lipinski definition) is 1. The highest BCUT2D eigenvalue weighted by Crippen LogP contribution is 2.31. The monoisotopic (exact) mass is 538 g/mol. The molecule has 5 nitrogen and oxygen atoms in total. The van der Waals surface area contributed by atoms with Crippen LogP contribution in [0, 0.1) is 5.92 Å². The summed E-state index contributed by atoms with van der Waals surface area (Å²) in [5, 5.41) is 5.01. The molecule has 208 valence electrons. The van der Waals surface area contributed by atoms with Crippen molar-refractivity contribution in [2.24, 2.45) is 5.92 Å². The van der Waals surface area contributed by atoms with Crippen LogP contribution in [0.1, 0.15) is 69.5 Å². The van der Waals surface area contributed by atoms with E-state index in [1.54, 1.807) is 18.4 Å². The van der Waals surface area contributed by atoms with Crippen LogP contribution in [0.5, 0.6) is 5.75 Å². The summed E-state index contributed by atoms with van der Waals surface area (Å²) in [4.78, 5) is 15.8. The van der Waals surface area contributed by atoms with E-state index in [1.807, 2.05) is 20.8 Å². The first-order valence-corrected chi connectivity index (χ1v) is 14.3. The van der Waals surface area contributed by atoms with Crippen LogP contribution in [0.4, 0.5) is 4.79 Å². The zero-order chi connectivity index (χ0) is 28.1. The Morgan fingerprint density at radius 3 is 2.55 bits per heavy atom. The quantitative estimate of drug-likeness (QED) is 0.294. The second kappa shape index (κ2) is 15.6. The van der Waals surface area contributed by atoms with Crippen LogP contribution in [0.25, 0.3) is 0 Å². The molecule has 0 fully saturated rings. The molecular formula is C32H46N2O3S. The maximum Gasteiger partial charge on any atom is 0.407 e. The van der Waals surface area contributed by atoms with Crippen molar-refractivity contribution in [3.8, 4) is 5.75 Å². The Bertz CT molecular complexity index is 1050. The predicted octanol–water partition coefficient (Wildman–Crippen LogP) is 8.10. The molecule has 0 radical (unpaired) electrons. The van der Waals surface area contributed by atoms with Gasteiger partial charge in [0.05, 0.1) is 7.11 Å². The maximum absolute atomic E-state index is 12.1. The van der Waals surface area contributed by atoms with Crippen LogP contribution in [0.3, 0.4) is 0 Å². The fourth-order valence-corrected chi connectivity index (χ4v) is 5.20. The van der Waals surface area contributed by atoms with E-state index in [0.29, 0.717) is 19.0 Å². The third-order valence-electron chi connectivity index (χ3n) is 6.47. The van der Waals surface area contributed by atoms with Gasteiger partial charge in [0.2, 0.25) is 0 Å². The lowest BCUT2D eigenvalue weighted by molar-refractivity contribution is 0.0518. The number of ether oxygens (including phenoxy) is 2. The van der Waals surface area contributed by atoms with Gasteiger partial charge in [0.1, 0.15) is 11.4 Å². The first kappa shape index (κ1) is 31.4. The summed E-state index contributed by atoms with van der Waals surface area (Å²) in [5.74, 6) is 1.39. The van der Waals surface area contributed by atoms with Crippen LogP contribution in [0.2, 0.25) is 0 Å². The normalized spacial score (nSPS) is 14.7. The molecule has 2 atom stereocenters. The minimum Gasteiger partial charge on any atom is -0.496 e. The van der Waals surface area contributed by atoms with Crippen LogP contribution < -0.4 is 10.1 Å². The van der Waals surface area contributed by atoms with Gasteiger partial charge < -0.3 is 14.8 Å². The molecule has 1 aliphatic carbocycles. The van der Waals surface area contributed by atoms with Gasteiger partial charge in [0.15, 0.2) is 0 Å². The van der Waals surface area contributed by atoms with Crippen molar-refractivity contribution in [2.75, 3.05) is 20.2 Å². The Balaban J connectivity index is 0.00000247. The number of rotatable bonds is 11. The average molecular weight is 539 g/mol. The van der Waals surface area contributed by atoms with Gasteiger partial charge in [-0.3, -0.25) is 4.90 Å². The van der Waals surface area contributed by atoms with E-state index in [9.17, 15) is 4.79 Å². The highest BCUT2D eigenvalue weighted by molar-refractivity contribution is 7.09. The standard InChI is InChI=1S/C30H42N2O3S.C2H4/c1-22(24-11-8-7-9-12-24)19-26-15-14-25(20-28(26)34-6)23(2)32(21-27-13-10-18-36-27)17-16-31-29(33)35-30(3,4)5;1-2/h8,10-15,18,20,22-23H,7,9,16-17,19,21H2,1-6H3,(H,31,33);1-2H2. The van der Waals surface area contributed by atoms with Crippen molar-refractivity contribution < 1.29 is 14.3 Å². The number of methoxy groups -OCH3 is 1. The van der Waals surface area contributed by atoms with Gasteiger partial charge in [0.25, 0.3) is 0 Å². The van der Waals surface area contributed by atoms with Gasteiger partial charge in [-0.25, -0.2) is 4.79 Å². The molecule has 6 heteroatoms. The van der Waals surface area contributed by atoms with E-state index in [-0.39, 0.29) is 12.1 Å². The Labute approximate surface area is 234 Å². The second-order valence-corrected chi connectivity index (χ2v) is 11.5. The van der Waals surface area contributed by atoms with Gasteiger partial charge in [-0.2, -0.15) is 0 Å². The molecule has 2 unspecified atom stereocenters. The number of hydrogen-bond acceptors (Lipinski definition) is 5. The third-order valence-corrected chi connectivity index (χ3v) is 7.33. The summed E-state index contributed by atoms with van der Waals surface area (Å²) in [6.07, 6.45) is 9.75. The number of allylic oxidation sites excluding steroid dienone is 4. The molecule has 2 aromatic rings. The number of amides is 1. The molecule has 0 saturated carbocycles. The van der Waals surface area contributed by atoms with Crippen LogP contribution >= 0.6 is 11.3 Å². The van der Waals surface area contributed by atoms with Crippen molar-refractivity contribution in [1.82, 2.24) is 10.2 Å². The molecule has 0 aliphatic heterocycles. The molecule has 0 saturated heterocycles. The molecule has 0 bridgehead atoms. The fraction of sp³-hybridized carbons (Fsp3) is 0.469. The lowest BCUT2D eigenvalue weighted by Gasteiger charge is -2.30. The van der Waals surface area contributed by atoms with Gasteiger partial charge in [-0.1, -0.05) is 43.4 Å². The smallest absolute Gasteiger partial charge is 0.407 e. The van der Waals surface area contributed by atoms with Crippen molar-refractivity contribution in [1.29, 1.82) is 0 Å². The Morgan fingerprint density at radius 2 is 1.95 bits per heavy atom. The minimum atomic E-state index is -0.506. The first-order valence-electron chi connectivity index (χ1n) is 13.4. The molecule has 38 heavy (non-hydrogen) atoms. The SMILES string of the molecule is C=C.COc1cc(C(C)N(CCNC(=O)OC(C)(C)C)Cc2cccs2)ccc1CC(C)C1=CCCC=C1. The number of carbonyl (C=O) groups excluding carboxylic acids is 1. The Kier molecular flexibility index (Phi) is 12.8. The van der Waals surface area contributed by atoms with E-state index < -0.39 is 5.60 Å². The molecular weight excluding hydrogens is 492 g/mol. The van der Waals surface area contributed by atoms with Gasteiger partial charge in [0, 0.05) is 30.6 Å². The predicted molar refractivity (Wildman–Crippen MR) is 161 cm³/mol. The number of carbonyl (C=O) groups is 1. The van der Waals surface area contributed by atoms with E-state index >= 15 is 0 Å². The number of nitrogens with zero attached hydrogens (tertiary/aromatic N) is 1. The van der Waals surface area contributed by atoms with Crippen molar-refractivity contribution in [3.05, 3.63) is 88.7 Å². The van der Waals surface area contributed by atoms with Gasteiger partial charge >= 0.3 is 6.09 Å². The molecule has 3 rings (SSSR count). The molecule has 1 aliphatic rings. The number of thiophene rings is 1. The topological polar surface area (TPSA) is 50.8 Å². The summed E-state index contributed by atoms with van der Waals surface area (Å²) in [6, 6.07) is 11.0. The molecule has 1 heterocycles. The van der Waals surface area contributed by atoms with E-state index in [1.165, 1.54) is 21.6 Å². The summed E-state index contributed by atoms with van der Waals surface area (Å²) in [7, 11) is 1.76. The van der Waals surface area contributed by atoms with Crippen molar-refractivity contribution >= 4 is 17.4 Å². The largest absolute Gasteiger partial charge is 0.496 e. The molecule has 0 spiro atoms. The van der Waals surface area contributed by atoms with Crippen molar-refractivity contribution in [3.63, 3.8) is 0 Å². The van der Waals surface area contributed by atoms with Crippen molar-refractivity contribution in [2.45, 2.75) is 72.1 Å². The van der Waals surface area contributed by atoms with E-state index in [4.69, 9.17) is 9.47 Å². The molecule has 1 aromatic heterocycles. The highest BCUT2D eigenvalue weighted by atomic mass is 32.1. The lowest BCUT2D eigenvalue weighted by atomic mass is 9.89. The number of alkyl carbamates (subject to hydrolysis) is 1. The van der Waals surface area contributed by atoms with Gasteiger partial charge in [-0.05, 0) is 87.1 Å². The summed E-state index contributed by atoms with van der Waals surface area (Å²) < 4.78 is 11.2.